The molecule has 0 atom stereocenters. The number of nitrogens with one attached hydrogen (secondary N) is 2. The van der Waals surface area contributed by atoms with Crippen LogP contribution in [0.15, 0.2) is 35.0 Å². The summed E-state index contributed by atoms with van der Waals surface area (Å²) < 4.78 is 10.5. The topological polar surface area (TPSA) is 59.6 Å². The maximum atomic E-state index is 12.0. The van der Waals surface area contributed by atoms with Crippen molar-refractivity contribution in [3.8, 4) is 5.75 Å². The van der Waals surface area contributed by atoms with Gasteiger partial charge in [-0.2, -0.15) is 11.3 Å². The number of amides is 1. The standard InChI is InChI=1S/C17H22N2O3S/c1-17(2,3)22-16(20)19-14-6-5-13(21-4)9-15(14)18-10-12-7-8-23-11-12/h5-9,11,18H,10H2,1-4H3,(H,19,20). The Balaban J connectivity index is 2.12. The second-order valence-electron chi connectivity index (χ2n) is 6.02. The van der Waals surface area contributed by atoms with Gasteiger partial charge in [0.1, 0.15) is 11.4 Å². The minimum atomic E-state index is -0.541. The van der Waals surface area contributed by atoms with E-state index < -0.39 is 11.7 Å². The van der Waals surface area contributed by atoms with Gasteiger partial charge in [0.2, 0.25) is 0 Å². The maximum Gasteiger partial charge on any atom is 0.412 e. The van der Waals surface area contributed by atoms with E-state index in [1.165, 1.54) is 5.56 Å². The van der Waals surface area contributed by atoms with Crippen molar-refractivity contribution in [3.05, 3.63) is 40.6 Å². The van der Waals surface area contributed by atoms with E-state index in [0.29, 0.717) is 18.0 Å². The first-order valence-corrected chi connectivity index (χ1v) is 8.24. The summed E-state index contributed by atoms with van der Waals surface area (Å²) in [4.78, 5) is 12.0. The van der Waals surface area contributed by atoms with Gasteiger partial charge < -0.3 is 14.8 Å². The Kier molecular flexibility index (Phi) is 5.50. The third-order valence-electron chi connectivity index (χ3n) is 2.93. The summed E-state index contributed by atoms with van der Waals surface area (Å²) in [5.41, 5.74) is 2.07. The summed E-state index contributed by atoms with van der Waals surface area (Å²) in [6, 6.07) is 7.49. The highest BCUT2D eigenvalue weighted by molar-refractivity contribution is 7.07. The van der Waals surface area contributed by atoms with Gasteiger partial charge in [-0.25, -0.2) is 4.79 Å². The van der Waals surface area contributed by atoms with Gasteiger partial charge in [0.05, 0.1) is 18.5 Å². The zero-order valence-corrected chi connectivity index (χ0v) is 14.6. The predicted octanol–water partition coefficient (Wildman–Crippen LogP) is 4.72. The van der Waals surface area contributed by atoms with Gasteiger partial charge in [-0.1, -0.05) is 0 Å². The first-order valence-electron chi connectivity index (χ1n) is 7.30. The predicted molar refractivity (Wildman–Crippen MR) is 94.5 cm³/mol. The Hall–Kier alpha value is -2.21. The Morgan fingerprint density at radius 1 is 1.22 bits per heavy atom. The number of thiophene rings is 1. The van der Waals surface area contributed by atoms with Gasteiger partial charge >= 0.3 is 6.09 Å². The SMILES string of the molecule is COc1ccc(NC(=O)OC(C)(C)C)c(NCc2ccsc2)c1. The molecule has 6 heteroatoms. The van der Waals surface area contributed by atoms with E-state index >= 15 is 0 Å². The lowest BCUT2D eigenvalue weighted by atomic mass is 10.2. The van der Waals surface area contributed by atoms with E-state index in [-0.39, 0.29) is 0 Å². The normalized spacial score (nSPS) is 11.0. The van der Waals surface area contributed by atoms with E-state index in [2.05, 4.69) is 22.1 Å². The lowest BCUT2D eigenvalue weighted by Crippen LogP contribution is -2.27. The largest absolute Gasteiger partial charge is 0.497 e. The molecule has 0 spiro atoms. The molecule has 1 amide bonds. The van der Waals surface area contributed by atoms with Crippen LogP contribution in [0.5, 0.6) is 5.75 Å². The molecule has 2 N–H and O–H groups in total. The van der Waals surface area contributed by atoms with Gasteiger partial charge in [0, 0.05) is 12.6 Å². The molecule has 0 radical (unpaired) electrons. The molecule has 2 rings (SSSR count). The van der Waals surface area contributed by atoms with Crippen LogP contribution in [-0.2, 0) is 11.3 Å². The van der Waals surface area contributed by atoms with Crippen molar-refractivity contribution in [3.63, 3.8) is 0 Å². The fourth-order valence-electron chi connectivity index (χ4n) is 1.91. The van der Waals surface area contributed by atoms with Crippen LogP contribution in [0, 0.1) is 0 Å². The smallest absolute Gasteiger partial charge is 0.412 e. The second kappa shape index (κ2) is 7.37. The number of hydrogen-bond donors (Lipinski definition) is 2. The van der Waals surface area contributed by atoms with Gasteiger partial charge in [0.15, 0.2) is 0 Å². The molecule has 0 unspecified atom stereocenters. The molecule has 5 nitrogen and oxygen atoms in total. The number of methoxy groups -OCH3 is 1. The maximum absolute atomic E-state index is 12.0. The summed E-state index contributed by atoms with van der Waals surface area (Å²) in [6.07, 6.45) is -0.485. The van der Waals surface area contributed by atoms with Crippen LogP contribution < -0.4 is 15.4 Å². The molecular formula is C17H22N2O3S. The lowest BCUT2D eigenvalue weighted by molar-refractivity contribution is 0.0636. The van der Waals surface area contributed by atoms with E-state index in [0.717, 1.165) is 5.69 Å². The third kappa shape index (κ3) is 5.49. The van der Waals surface area contributed by atoms with Crippen molar-refractivity contribution in [1.82, 2.24) is 0 Å². The quantitative estimate of drug-likeness (QED) is 0.831. The van der Waals surface area contributed by atoms with Crippen LogP contribution in [0.25, 0.3) is 0 Å². The molecule has 1 aromatic heterocycles. The fourth-order valence-corrected chi connectivity index (χ4v) is 2.58. The molecular weight excluding hydrogens is 312 g/mol. The number of carbonyl (C=O) groups is 1. The van der Waals surface area contributed by atoms with Crippen molar-refractivity contribution in [1.29, 1.82) is 0 Å². The zero-order chi connectivity index (χ0) is 16.9. The molecule has 0 aliphatic rings. The van der Waals surface area contributed by atoms with E-state index in [4.69, 9.17) is 9.47 Å². The third-order valence-corrected chi connectivity index (χ3v) is 3.66. The fraction of sp³-hybridized carbons (Fsp3) is 0.353. The van der Waals surface area contributed by atoms with Gasteiger partial charge in [-0.05, 0) is 55.3 Å². The van der Waals surface area contributed by atoms with Gasteiger partial charge in [0.25, 0.3) is 0 Å². The number of benzene rings is 1. The monoisotopic (exact) mass is 334 g/mol. The molecule has 1 heterocycles. The first-order chi connectivity index (χ1) is 10.9. The van der Waals surface area contributed by atoms with Gasteiger partial charge in [-0.15, -0.1) is 0 Å². The van der Waals surface area contributed by atoms with Crippen molar-refractivity contribution < 1.29 is 14.3 Å². The minimum absolute atomic E-state index is 0.485. The number of hydrogen-bond acceptors (Lipinski definition) is 5. The number of anilines is 2. The summed E-state index contributed by atoms with van der Waals surface area (Å²) in [7, 11) is 1.61. The molecule has 0 saturated heterocycles. The van der Waals surface area contributed by atoms with E-state index in [1.807, 2.05) is 32.2 Å². The van der Waals surface area contributed by atoms with Crippen molar-refractivity contribution in [2.24, 2.45) is 0 Å². The highest BCUT2D eigenvalue weighted by Crippen LogP contribution is 2.28. The Labute approximate surface area is 140 Å². The molecule has 1 aromatic carbocycles. The highest BCUT2D eigenvalue weighted by atomic mass is 32.1. The van der Waals surface area contributed by atoms with Crippen LogP contribution in [-0.4, -0.2) is 18.8 Å². The van der Waals surface area contributed by atoms with Crippen LogP contribution >= 0.6 is 11.3 Å². The summed E-state index contributed by atoms with van der Waals surface area (Å²) in [6.45, 7) is 6.16. The number of carbonyl (C=O) groups excluding carboxylic acids is 1. The van der Waals surface area contributed by atoms with Crippen LogP contribution in [0.3, 0.4) is 0 Å². The molecule has 124 valence electrons. The minimum Gasteiger partial charge on any atom is -0.497 e. The second-order valence-corrected chi connectivity index (χ2v) is 6.80. The molecule has 23 heavy (non-hydrogen) atoms. The Bertz CT molecular complexity index is 648. The molecule has 2 aromatic rings. The van der Waals surface area contributed by atoms with Crippen LogP contribution in [0.1, 0.15) is 26.3 Å². The van der Waals surface area contributed by atoms with Crippen molar-refractivity contribution in [2.45, 2.75) is 32.9 Å². The summed E-state index contributed by atoms with van der Waals surface area (Å²) in [5.74, 6) is 0.715. The summed E-state index contributed by atoms with van der Waals surface area (Å²) >= 11 is 1.65. The number of ether oxygens (including phenoxy) is 2. The first kappa shape index (κ1) is 17.1. The molecule has 0 saturated carbocycles. The Morgan fingerprint density at radius 3 is 2.61 bits per heavy atom. The van der Waals surface area contributed by atoms with E-state index in [9.17, 15) is 4.79 Å². The highest BCUT2D eigenvalue weighted by Gasteiger charge is 2.17. The average molecular weight is 334 g/mol. The molecule has 0 bridgehead atoms. The number of rotatable bonds is 5. The van der Waals surface area contributed by atoms with Crippen molar-refractivity contribution in [2.75, 3.05) is 17.7 Å². The van der Waals surface area contributed by atoms with Gasteiger partial charge in [-0.3, -0.25) is 5.32 Å². The Morgan fingerprint density at radius 2 is 2.00 bits per heavy atom. The lowest BCUT2D eigenvalue weighted by Gasteiger charge is -2.21. The zero-order valence-electron chi connectivity index (χ0n) is 13.8. The summed E-state index contributed by atoms with van der Waals surface area (Å²) in [5, 5.41) is 10.2. The molecule has 0 aliphatic carbocycles. The van der Waals surface area contributed by atoms with Crippen LogP contribution in [0.4, 0.5) is 16.2 Å². The average Bonchev–Trinajstić information content (AvgIpc) is 2.97. The molecule has 0 fully saturated rings. The van der Waals surface area contributed by atoms with Crippen LogP contribution in [0.2, 0.25) is 0 Å². The molecule has 0 aliphatic heterocycles. The van der Waals surface area contributed by atoms with E-state index in [1.54, 1.807) is 30.6 Å². The van der Waals surface area contributed by atoms with Crippen molar-refractivity contribution >= 4 is 28.8 Å².